The van der Waals surface area contributed by atoms with Gasteiger partial charge >= 0.3 is 0 Å². The highest BCUT2D eigenvalue weighted by atomic mass is 19.1. The van der Waals surface area contributed by atoms with Crippen molar-refractivity contribution in [3.05, 3.63) is 53.5 Å². The summed E-state index contributed by atoms with van der Waals surface area (Å²) in [5.74, 6) is 1.25. The van der Waals surface area contributed by atoms with Gasteiger partial charge in [0.1, 0.15) is 5.82 Å². The molecule has 0 spiro atoms. The number of Topliss-reactive ketones (excluding diaryl/α,β-unsaturated/α-hetero) is 1. The number of carbonyl (C=O) groups is 1. The summed E-state index contributed by atoms with van der Waals surface area (Å²) in [6.45, 7) is 0. The number of halogens is 1. The molecule has 1 aromatic heterocycles. The number of fused-ring (bicyclic) bond motifs is 1. The number of nitrogens with one attached hydrogen (secondary N) is 1. The third kappa shape index (κ3) is 3.49. The van der Waals surface area contributed by atoms with Gasteiger partial charge in [-0.05, 0) is 48.4 Å². The fourth-order valence-corrected chi connectivity index (χ4v) is 2.93. The van der Waals surface area contributed by atoms with Crippen LogP contribution in [0.2, 0.25) is 0 Å². The fraction of sp³-hybridized carbons (Fsp3) is 0.250. The molecule has 0 atom stereocenters. The van der Waals surface area contributed by atoms with Crippen LogP contribution in [0, 0.1) is 5.82 Å². The Labute approximate surface area is 150 Å². The molecule has 0 saturated heterocycles. The number of hydrogen-bond donors (Lipinski definition) is 1. The number of hydrogen-bond acceptors (Lipinski definition) is 4. The van der Waals surface area contributed by atoms with Crippen LogP contribution in [0.15, 0.2) is 36.4 Å². The molecule has 0 aliphatic carbocycles. The Morgan fingerprint density at radius 2 is 1.69 bits per heavy atom. The first-order chi connectivity index (χ1) is 12.5. The van der Waals surface area contributed by atoms with Gasteiger partial charge in [0, 0.05) is 17.3 Å². The predicted octanol–water partition coefficient (Wildman–Crippen LogP) is 4.15. The Hall–Kier alpha value is -3.02. The van der Waals surface area contributed by atoms with Crippen molar-refractivity contribution in [2.75, 3.05) is 21.3 Å². The first-order valence-electron chi connectivity index (χ1n) is 8.16. The van der Waals surface area contributed by atoms with Crippen LogP contribution in [0.5, 0.6) is 17.2 Å². The van der Waals surface area contributed by atoms with E-state index in [0.717, 1.165) is 11.1 Å². The molecular formula is C20H20FNO4. The van der Waals surface area contributed by atoms with E-state index in [4.69, 9.17) is 14.2 Å². The number of aromatic amines is 1. The monoisotopic (exact) mass is 357 g/mol. The number of methoxy groups -OCH3 is 3. The van der Waals surface area contributed by atoms with Gasteiger partial charge in [0.05, 0.1) is 27.0 Å². The van der Waals surface area contributed by atoms with Crippen molar-refractivity contribution in [2.24, 2.45) is 0 Å². The Kier molecular flexibility index (Phi) is 5.11. The highest BCUT2D eigenvalue weighted by Crippen LogP contribution is 2.38. The summed E-state index contributed by atoms with van der Waals surface area (Å²) in [6.07, 6.45) is 0.813. The number of aryl methyl sites for hydroxylation is 1. The minimum absolute atomic E-state index is 0.0460. The standard InChI is InChI=1S/C20H20FNO4/c1-24-18-8-12(9-19(25-2)20(18)26-3)4-7-17(23)16-11-13-10-14(21)5-6-15(13)22-16/h5-6,8-11,22H,4,7H2,1-3H3. The molecule has 5 nitrogen and oxygen atoms in total. The molecule has 0 aliphatic heterocycles. The molecule has 1 heterocycles. The van der Waals surface area contributed by atoms with Crippen molar-refractivity contribution in [3.63, 3.8) is 0 Å². The maximum Gasteiger partial charge on any atom is 0.203 e. The number of aromatic nitrogens is 1. The van der Waals surface area contributed by atoms with Crippen molar-refractivity contribution < 1.29 is 23.4 Å². The maximum absolute atomic E-state index is 13.3. The highest BCUT2D eigenvalue weighted by molar-refractivity contribution is 5.99. The summed E-state index contributed by atoms with van der Waals surface area (Å²) in [6, 6.07) is 9.73. The summed E-state index contributed by atoms with van der Waals surface area (Å²) in [7, 11) is 4.65. The number of carbonyl (C=O) groups excluding carboxylic acids is 1. The largest absolute Gasteiger partial charge is 0.493 e. The Morgan fingerprint density at radius 1 is 1.00 bits per heavy atom. The van der Waals surface area contributed by atoms with Crippen molar-refractivity contribution in [2.45, 2.75) is 12.8 Å². The van der Waals surface area contributed by atoms with Gasteiger partial charge in [0.15, 0.2) is 17.3 Å². The van der Waals surface area contributed by atoms with Gasteiger partial charge in [0.2, 0.25) is 5.75 Å². The number of ether oxygens (including phenoxy) is 3. The van der Waals surface area contributed by atoms with Crippen molar-refractivity contribution in [1.29, 1.82) is 0 Å². The van der Waals surface area contributed by atoms with E-state index in [0.29, 0.717) is 41.2 Å². The summed E-state index contributed by atoms with van der Waals surface area (Å²) in [5.41, 5.74) is 2.11. The molecule has 0 radical (unpaired) electrons. The zero-order chi connectivity index (χ0) is 18.7. The van der Waals surface area contributed by atoms with E-state index in [-0.39, 0.29) is 11.6 Å². The molecule has 0 saturated carbocycles. The zero-order valence-corrected chi connectivity index (χ0v) is 14.9. The van der Waals surface area contributed by atoms with Gasteiger partial charge < -0.3 is 19.2 Å². The van der Waals surface area contributed by atoms with Gasteiger partial charge in [-0.25, -0.2) is 4.39 Å². The molecule has 3 rings (SSSR count). The summed E-state index contributed by atoms with van der Waals surface area (Å²) in [5, 5.41) is 0.682. The quantitative estimate of drug-likeness (QED) is 0.646. The topological polar surface area (TPSA) is 60.6 Å². The van der Waals surface area contributed by atoms with E-state index in [9.17, 15) is 9.18 Å². The average molecular weight is 357 g/mol. The molecule has 1 N–H and O–H groups in total. The first-order valence-corrected chi connectivity index (χ1v) is 8.16. The maximum atomic E-state index is 13.3. The molecule has 0 amide bonds. The third-order valence-corrected chi connectivity index (χ3v) is 4.25. The van der Waals surface area contributed by atoms with Crippen LogP contribution in [-0.2, 0) is 6.42 Å². The van der Waals surface area contributed by atoms with E-state index in [2.05, 4.69) is 4.98 Å². The highest BCUT2D eigenvalue weighted by Gasteiger charge is 2.15. The number of benzene rings is 2. The van der Waals surface area contributed by atoms with Crippen LogP contribution in [0.3, 0.4) is 0 Å². The molecule has 3 aromatic rings. The molecule has 26 heavy (non-hydrogen) atoms. The predicted molar refractivity (Wildman–Crippen MR) is 97.0 cm³/mol. The van der Waals surface area contributed by atoms with E-state index < -0.39 is 0 Å². The number of H-pyrrole nitrogens is 1. The smallest absolute Gasteiger partial charge is 0.203 e. The molecule has 6 heteroatoms. The minimum atomic E-state index is -0.326. The molecule has 0 unspecified atom stereocenters. The normalized spacial score (nSPS) is 10.8. The molecule has 0 aliphatic rings. The van der Waals surface area contributed by atoms with Crippen LogP contribution in [0.1, 0.15) is 22.5 Å². The van der Waals surface area contributed by atoms with Gasteiger partial charge in [-0.2, -0.15) is 0 Å². The van der Waals surface area contributed by atoms with Crippen molar-refractivity contribution >= 4 is 16.7 Å². The number of ketones is 1. The van der Waals surface area contributed by atoms with Crippen LogP contribution < -0.4 is 14.2 Å². The Bertz CT molecular complexity index is 923. The first kappa shape index (κ1) is 17.8. The summed E-state index contributed by atoms with van der Waals surface area (Å²) >= 11 is 0. The Balaban J connectivity index is 1.78. The zero-order valence-electron chi connectivity index (χ0n) is 14.9. The van der Waals surface area contributed by atoms with E-state index in [1.807, 2.05) is 12.1 Å². The summed E-state index contributed by atoms with van der Waals surface area (Å²) < 4.78 is 29.2. The SMILES string of the molecule is COc1cc(CCC(=O)c2cc3cc(F)ccc3[nH]2)cc(OC)c1OC. The second-order valence-electron chi connectivity index (χ2n) is 5.87. The molecule has 2 aromatic carbocycles. The lowest BCUT2D eigenvalue weighted by molar-refractivity contribution is 0.0978. The lowest BCUT2D eigenvalue weighted by atomic mass is 10.0. The second-order valence-corrected chi connectivity index (χ2v) is 5.87. The Morgan fingerprint density at radius 3 is 2.31 bits per heavy atom. The van der Waals surface area contributed by atoms with Crippen LogP contribution in [-0.4, -0.2) is 32.1 Å². The van der Waals surface area contributed by atoms with Gasteiger partial charge in [-0.3, -0.25) is 4.79 Å². The van der Waals surface area contributed by atoms with E-state index >= 15 is 0 Å². The lowest BCUT2D eigenvalue weighted by Gasteiger charge is -2.14. The fourth-order valence-electron chi connectivity index (χ4n) is 2.93. The van der Waals surface area contributed by atoms with E-state index in [1.54, 1.807) is 33.5 Å². The summed E-state index contributed by atoms with van der Waals surface area (Å²) in [4.78, 5) is 15.5. The van der Waals surface area contributed by atoms with Gasteiger partial charge in [-0.15, -0.1) is 0 Å². The van der Waals surface area contributed by atoms with Crippen LogP contribution in [0.4, 0.5) is 4.39 Å². The second kappa shape index (κ2) is 7.47. The lowest BCUT2D eigenvalue weighted by Crippen LogP contribution is -2.03. The van der Waals surface area contributed by atoms with Crippen molar-refractivity contribution in [1.82, 2.24) is 4.98 Å². The average Bonchev–Trinajstić information content (AvgIpc) is 3.08. The molecule has 0 bridgehead atoms. The van der Waals surface area contributed by atoms with Gasteiger partial charge in [0.25, 0.3) is 0 Å². The van der Waals surface area contributed by atoms with Crippen molar-refractivity contribution in [3.8, 4) is 17.2 Å². The molecule has 0 fully saturated rings. The third-order valence-electron chi connectivity index (χ3n) is 4.25. The molecule has 136 valence electrons. The molecular weight excluding hydrogens is 337 g/mol. The van der Waals surface area contributed by atoms with Gasteiger partial charge in [-0.1, -0.05) is 0 Å². The van der Waals surface area contributed by atoms with E-state index in [1.165, 1.54) is 12.1 Å². The van der Waals surface area contributed by atoms with Crippen LogP contribution in [0.25, 0.3) is 10.9 Å². The van der Waals surface area contributed by atoms with Crippen LogP contribution >= 0.6 is 0 Å². The minimum Gasteiger partial charge on any atom is -0.493 e. The number of rotatable bonds is 7.